The second-order valence-corrected chi connectivity index (χ2v) is 6.71. The van der Waals surface area contributed by atoms with Gasteiger partial charge in [-0.2, -0.15) is 0 Å². The van der Waals surface area contributed by atoms with Crippen LogP contribution in [-0.2, 0) is 4.74 Å². The third-order valence-electron chi connectivity index (χ3n) is 5.01. The molecule has 3 amide bonds. The Morgan fingerprint density at radius 3 is 2.68 bits per heavy atom. The van der Waals surface area contributed by atoms with Gasteiger partial charge in [-0.05, 0) is 50.8 Å². The lowest BCUT2D eigenvalue weighted by molar-refractivity contribution is 0.0629. The molecule has 25 heavy (non-hydrogen) atoms. The van der Waals surface area contributed by atoms with E-state index in [0.29, 0.717) is 36.3 Å². The largest absolute Gasteiger partial charge is 0.385 e. The van der Waals surface area contributed by atoms with Gasteiger partial charge in [0.25, 0.3) is 17.7 Å². The zero-order valence-corrected chi connectivity index (χ0v) is 14.8. The van der Waals surface area contributed by atoms with E-state index in [0.717, 1.165) is 25.8 Å². The lowest BCUT2D eigenvalue weighted by Gasteiger charge is -2.33. The molecule has 1 fully saturated rings. The quantitative estimate of drug-likeness (QED) is 0.607. The molecule has 1 saturated heterocycles. The normalized spacial score (nSPS) is 20.2. The molecule has 0 unspecified atom stereocenters. The van der Waals surface area contributed by atoms with Gasteiger partial charge in [0.15, 0.2) is 0 Å². The van der Waals surface area contributed by atoms with E-state index in [-0.39, 0.29) is 23.8 Å². The Morgan fingerprint density at radius 2 is 1.96 bits per heavy atom. The number of imide groups is 1. The molecular formula is C19H24N2O4. The molecule has 134 valence electrons. The van der Waals surface area contributed by atoms with Gasteiger partial charge in [0.2, 0.25) is 0 Å². The van der Waals surface area contributed by atoms with Crippen LogP contribution < -0.4 is 0 Å². The predicted octanol–water partition coefficient (Wildman–Crippen LogP) is 2.33. The fraction of sp³-hybridized carbons (Fsp3) is 0.526. The zero-order chi connectivity index (χ0) is 18.0. The average Bonchev–Trinajstić information content (AvgIpc) is 2.86. The van der Waals surface area contributed by atoms with Crippen molar-refractivity contribution >= 4 is 17.7 Å². The first-order valence-corrected chi connectivity index (χ1v) is 8.84. The van der Waals surface area contributed by atoms with Gasteiger partial charge in [-0.25, -0.2) is 0 Å². The van der Waals surface area contributed by atoms with Crippen LogP contribution >= 0.6 is 0 Å². The smallest absolute Gasteiger partial charge is 0.261 e. The number of piperidine rings is 1. The maximum Gasteiger partial charge on any atom is 0.261 e. The molecular weight excluding hydrogens is 320 g/mol. The molecule has 6 heteroatoms. The van der Waals surface area contributed by atoms with Crippen molar-refractivity contribution in [3.8, 4) is 0 Å². The van der Waals surface area contributed by atoms with Gasteiger partial charge in [0.1, 0.15) is 0 Å². The summed E-state index contributed by atoms with van der Waals surface area (Å²) in [6, 6.07) is 5.05. The van der Waals surface area contributed by atoms with E-state index in [1.807, 2.05) is 4.90 Å². The molecule has 1 aromatic rings. The van der Waals surface area contributed by atoms with Gasteiger partial charge in [-0.3, -0.25) is 19.3 Å². The predicted molar refractivity (Wildman–Crippen MR) is 92.7 cm³/mol. The van der Waals surface area contributed by atoms with E-state index in [9.17, 15) is 14.4 Å². The van der Waals surface area contributed by atoms with Crippen LogP contribution in [0.5, 0.6) is 0 Å². The Labute approximate surface area is 147 Å². The molecule has 0 radical (unpaired) electrons. The Balaban J connectivity index is 1.80. The van der Waals surface area contributed by atoms with Crippen molar-refractivity contribution in [1.29, 1.82) is 0 Å². The number of rotatable bonds is 5. The number of fused-ring (bicyclic) bond motifs is 1. The number of ether oxygens (including phenoxy) is 1. The molecule has 2 heterocycles. The molecule has 2 aliphatic rings. The van der Waals surface area contributed by atoms with Crippen molar-refractivity contribution in [1.82, 2.24) is 9.80 Å². The average molecular weight is 344 g/mol. The van der Waals surface area contributed by atoms with E-state index in [1.165, 1.54) is 4.90 Å². The van der Waals surface area contributed by atoms with Gasteiger partial charge in [0, 0.05) is 38.4 Å². The Morgan fingerprint density at radius 1 is 1.20 bits per heavy atom. The fourth-order valence-corrected chi connectivity index (χ4v) is 3.56. The number of carbonyl (C=O) groups excluding carboxylic acids is 3. The maximum absolute atomic E-state index is 12.8. The highest BCUT2D eigenvalue weighted by molar-refractivity contribution is 6.22. The fourth-order valence-electron chi connectivity index (χ4n) is 3.56. The summed E-state index contributed by atoms with van der Waals surface area (Å²) in [6.45, 7) is 3.61. The second-order valence-electron chi connectivity index (χ2n) is 6.71. The van der Waals surface area contributed by atoms with Gasteiger partial charge >= 0.3 is 0 Å². The van der Waals surface area contributed by atoms with Crippen LogP contribution in [0.4, 0.5) is 0 Å². The molecule has 0 aliphatic carbocycles. The minimum absolute atomic E-state index is 0.0620. The number of likely N-dealkylation sites (tertiary alicyclic amines) is 1. The van der Waals surface area contributed by atoms with Gasteiger partial charge in [-0.1, -0.05) is 0 Å². The van der Waals surface area contributed by atoms with Crippen LogP contribution in [0.1, 0.15) is 63.7 Å². The second kappa shape index (κ2) is 7.35. The lowest BCUT2D eigenvalue weighted by Crippen LogP contribution is -2.42. The molecule has 1 aromatic carbocycles. The molecule has 2 aliphatic heterocycles. The summed E-state index contributed by atoms with van der Waals surface area (Å²) in [4.78, 5) is 40.9. The Kier molecular flexibility index (Phi) is 5.18. The third kappa shape index (κ3) is 3.31. The number of hydrogen-bond acceptors (Lipinski definition) is 4. The van der Waals surface area contributed by atoms with E-state index in [2.05, 4.69) is 6.92 Å². The van der Waals surface area contributed by atoms with E-state index < -0.39 is 0 Å². The Hall–Kier alpha value is -2.21. The first-order chi connectivity index (χ1) is 12.0. The van der Waals surface area contributed by atoms with Crippen LogP contribution in [0, 0.1) is 0 Å². The maximum atomic E-state index is 12.8. The molecule has 0 bridgehead atoms. The van der Waals surface area contributed by atoms with Crippen LogP contribution in [-0.4, -0.2) is 60.4 Å². The van der Waals surface area contributed by atoms with Gasteiger partial charge in [0.05, 0.1) is 11.1 Å². The minimum atomic E-state index is -0.322. The van der Waals surface area contributed by atoms with Crippen LogP contribution in [0.3, 0.4) is 0 Å². The van der Waals surface area contributed by atoms with Crippen molar-refractivity contribution in [3.63, 3.8) is 0 Å². The summed E-state index contributed by atoms with van der Waals surface area (Å²) in [6.07, 6.45) is 3.74. The monoisotopic (exact) mass is 344 g/mol. The standard InChI is InChI=1S/C19H24N2O4/c1-13-6-3-4-9-20(13)17(22)14-7-8-15-16(12-14)19(24)21(18(15)23)10-5-11-25-2/h7-8,12-13H,3-6,9-11H2,1-2H3/t13-/m0/s1. The first kappa shape index (κ1) is 17.6. The summed E-state index contributed by atoms with van der Waals surface area (Å²) in [5.74, 6) is -0.674. The lowest BCUT2D eigenvalue weighted by atomic mass is 10.0. The molecule has 1 atom stereocenters. The number of carbonyl (C=O) groups is 3. The molecule has 6 nitrogen and oxygen atoms in total. The molecule has 0 N–H and O–H groups in total. The van der Waals surface area contributed by atoms with Crippen molar-refractivity contribution in [2.45, 2.75) is 38.6 Å². The summed E-state index contributed by atoms with van der Waals surface area (Å²) < 4.78 is 4.98. The highest BCUT2D eigenvalue weighted by Crippen LogP contribution is 2.26. The molecule has 0 saturated carbocycles. The van der Waals surface area contributed by atoms with Crippen molar-refractivity contribution in [2.75, 3.05) is 26.8 Å². The SMILES string of the molecule is COCCCN1C(=O)c2ccc(C(=O)N3CCCC[C@@H]3C)cc2C1=O. The van der Waals surface area contributed by atoms with Crippen molar-refractivity contribution in [2.24, 2.45) is 0 Å². The molecule has 0 aromatic heterocycles. The number of nitrogens with zero attached hydrogens (tertiary/aromatic N) is 2. The van der Waals surface area contributed by atoms with Crippen molar-refractivity contribution in [3.05, 3.63) is 34.9 Å². The van der Waals surface area contributed by atoms with E-state index in [1.54, 1.807) is 25.3 Å². The van der Waals surface area contributed by atoms with E-state index in [4.69, 9.17) is 4.74 Å². The van der Waals surface area contributed by atoms with Crippen LogP contribution in [0.2, 0.25) is 0 Å². The minimum Gasteiger partial charge on any atom is -0.385 e. The highest BCUT2D eigenvalue weighted by Gasteiger charge is 2.36. The highest BCUT2D eigenvalue weighted by atomic mass is 16.5. The third-order valence-corrected chi connectivity index (χ3v) is 5.01. The summed E-state index contributed by atoms with van der Waals surface area (Å²) in [5, 5.41) is 0. The number of hydrogen-bond donors (Lipinski definition) is 0. The van der Waals surface area contributed by atoms with E-state index >= 15 is 0 Å². The number of amides is 3. The topological polar surface area (TPSA) is 66.9 Å². The summed E-state index contributed by atoms with van der Waals surface area (Å²) in [5.41, 5.74) is 1.19. The Bertz CT molecular complexity index is 701. The number of benzene rings is 1. The molecule has 0 spiro atoms. The van der Waals surface area contributed by atoms with Gasteiger partial charge in [-0.15, -0.1) is 0 Å². The first-order valence-electron chi connectivity index (χ1n) is 8.84. The summed E-state index contributed by atoms with van der Waals surface area (Å²) >= 11 is 0. The number of methoxy groups -OCH3 is 1. The molecule has 3 rings (SSSR count). The summed E-state index contributed by atoms with van der Waals surface area (Å²) in [7, 11) is 1.59. The van der Waals surface area contributed by atoms with Crippen LogP contribution in [0.15, 0.2) is 18.2 Å². The van der Waals surface area contributed by atoms with Gasteiger partial charge < -0.3 is 9.64 Å². The zero-order valence-electron chi connectivity index (χ0n) is 14.8. The van der Waals surface area contributed by atoms with Crippen LogP contribution in [0.25, 0.3) is 0 Å². The van der Waals surface area contributed by atoms with Crippen molar-refractivity contribution < 1.29 is 19.1 Å².